The third-order valence-corrected chi connectivity index (χ3v) is 13.7. The van der Waals surface area contributed by atoms with Crippen molar-refractivity contribution < 1.29 is 86.4 Å². The Balaban J connectivity index is 0.000000453. The van der Waals surface area contributed by atoms with E-state index in [1.54, 1.807) is 26.0 Å². The Morgan fingerprint density at radius 3 is 2.35 bits per heavy atom. The number of primary amides is 1. The van der Waals surface area contributed by atoms with E-state index in [2.05, 4.69) is 40.4 Å². The van der Waals surface area contributed by atoms with Gasteiger partial charge in [-0.25, -0.2) is 23.6 Å². The number of allylic oxidation sites excluding steroid dienone is 3. The molecule has 3 heterocycles. The van der Waals surface area contributed by atoms with Crippen LogP contribution < -0.4 is 42.0 Å². The molecule has 3 aliphatic heterocycles. The van der Waals surface area contributed by atoms with Gasteiger partial charge in [-0.05, 0) is 94.7 Å². The molecule has 3 aliphatic rings. The summed E-state index contributed by atoms with van der Waals surface area (Å²) in [5.74, 6) is -6.39. The third-order valence-electron chi connectivity index (χ3n) is 13.3. The van der Waals surface area contributed by atoms with Gasteiger partial charge in [0.05, 0.1) is 37.1 Å². The molecular weight excluding hydrogens is 1150 g/mol. The number of nitrogens with zero attached hydrogens (tertiary/aromatic N) is 3. The monoisotopic (exact) mass is 1230 g/mol. The highest BCUT2D eigenvalue weighted by Crippen LogP contribution is 2.38. The minimum absolute atomic E-state index is 0.00953. The topological polar surface area (TPSA) is 364 Å². The van der Waals surface area contributed by atoms with Crippen molar-refractivity contribution in [3.8, 4) is 5.75 Å². The Morgan fingerprint density at radius 2 is 1.71 bits per heavy atom. The number of aliphatic carboxylic acids is 1. The number of imide groups is 1. The molecule has 6 atom stereocenters. The van der Waals surface area contributed by atoms with E-state index < -0.39 is 95.4 Å². The minimum atomic E-state index is -1.37. The number of halogens is 2. The molecule has 4 bridgehead atoms. The maximum Gasteiger partial charge on any atom is 0.409 e. The number of urea groups is 1. The number of fused-ring (bicyclic) bond motifs is 5. The largest absolute Gasteiger partial charge is 0.495 e. The molecule has 28 heteroatoms. The third kappa shape index (κ3) is 24.4. The van der Waals surface area contributed by atoms with Gasteiger partial charge in [0.2, 0.25) is 23.6 Å². The van der Waals surface area contributed by atoms with Crippen LogP contribution in [0.3, 0.4) is 0 Å². The SMILES string of the molecule is CCC.CCCC(=O)N(C=O)OC(=O)CCCCC(=O)NCC(=O)NC(CCCNC(N)=O)C(=O)Nc1ccc(C(=O)N(C)[C@@H](C)C(=O)O)c(F)c1.COc1cc2cc(c1Cl)N(C)C(=O)CCC1OC1CC1C[C@](O)(C/C=C/C=C(\C)C2)NC(=O)O1. The molecule has 2 aromatic carbocycles. The van der Waals surface area contributed by atoms with Gasteiger partial charge in [0.25, 0.3) is 18.2 Å². The number of epoxide rings is 1. The molecule has 2 fully saturated rings. The molecule has 10 amide bonds. The number of hydrogen-bond donors (Lipinski definition) is 8. The van der Waals surface area contributed by atoms with Crippen LogP contribution in [0.15, 0.2) is 54.1 Å². The molecule has 86 heavy (non-hydrogen) atoms. The zero-order chi connectivity index (χ0) is 64.3. The van der Waals surface area contributed by atoms with Crippen LogP contribution in [-0.2, 0) is 59.1 Å². The van der Waals surface area contributed by atoms with Gasteiger partial charge in [-0.15, -0.1) is 5.06 Å². The van der Waals surface area contributed by atoms with Gasteiger partial charge in [0, 0.05) is 71.3 Å². The molecule has 5 rings (SSSR count). The van der Waals surface area contributed by atoms with Crippen molar-refractivity contribution in [2.75, 3.05) is 44.5 Å². The van der Waals surface area contributed by atoms with Crippen molar-refractivity contribution in [3.05, 3.63) is 76.1 Å². The number of nitrogens with one attached hydrogen (secondary N) is 5. The second-order valence-electron chi connectivity index (χ2n) is 20.7. The van der Waals surface area contributed by atoms with Crippen LogP contribution in [0, 0.1) is 5.82 Å². The standard InChI is InChI=1S/C30H42FN7O11.C25H31ClN2O6.C3H8/c1-4-8-25(42)38(17-39)49-26(43)11-6-5-10-23(40)34-16-24(41)36-22(9-7-14-33-30(32)48)27(44)35-19-12-13-20(21(31)15-19)28(45)37(3)18(2)29(46)47;1-15-6-4-5-9-25(31)14-17(33-24(30)27-25)13-20-19(34-20)7-8-22(29)28(2)18-11-16(10-15)12-21(32-3)23(18)26;1-3-2/h12-13,15,17-18,22H,4-11,14,16H2,1-3H3,(H,34,40)(H,35,44)(H,36,41)(H,46,47)(H3,32,33,48);4-6,11-12,17,19-20,31H,7-10,13-14H2,1-3H3,(H,27,30);3H2,1-2H3/b;5-4+,15-6+;/t18-,22?;17?,19?,20?,25-;/m01./s1. The highest BCUT2D eigenvalue weighted by atomic mass is 35.5. The molecule has 0 aromatic heterocycles. The van der Waals surface area contributed by atoms with Crippen LogP contribution >= 0.6 is 11.6 Å². The average molecular weight is 1230 g/mol. The zero-order valence-corrected chi connectivity index (χ0v) is 50.6. The number of benzene rings is 2. The van der Waals surface area contributed by atoms with Gasteiger partial charge in [-0.1, -0.05) is 62.6 Å². The lowest BCUT2D eigenvalue weighted by Gasteiger charge is -2.36. The van der Waals surface area contributed by atoms with Gasteiger partial charge in [-0.2, -0.15) is 0 Å². The van der Waals surface area contributed by atoms with Crippen molar-refractivity contribution in [3.63, 3.8) is 0 Å². The van der Waals surface area contributed by atoms with Crippen LogP contribution in [0.4, 0.5) is 25.4 Å². The van der Waals surface area contributed by atoms with Gasteiger partial charge in [-0.3, -0.25) is 38.9 Å². The summed E-state index contributed by atoms with van der Waals surface area (Å²) in [4.78, 5) is 139. The van der Waals surface area contributed by atoms with E-state index in [9.17, 15) is 62.2 Å². The number of hydroxylamine groups is 2. The molecule has 0 spiro atoms. The molecule has 9 N–H and O–H groups in total. The first-order valence-corrected chi connectivity index (χ1v) is 28.6. The molecule has 2 aromatic rings. The number of carboxylic acids is 1. The summed E-state index contributed by atoms with van der Waals surface area (Å²) in [5.41, 5.74) is 5.78. The van der Waals surface area contributed by atoms with Crippen molar-refractivity contribution in [1.29, 1.82) is 0 Å². The lowest BCUT2D eigenvalue weighted by molar-refractivity contribution is -0.196. The van der Waals surface area contributed by atoms with E-state index >= 15 is 0 Å². The van der Waals surface area contributed by atoms with Crippen molar-refractivity contribution in [2.45, 2.75) is 167 Å². The molecule has 0 saturated carbocycles. The number of hydrogen-bond acceptors (Lipinski definition) is 16. The van der Waals surface area contributed by atoms with E-state index in [1.807, 2.05) is 37.3 Å². The van der Waals surface area contributed by atoms with E-state index in [4.69, 9.17) is 41.5 Å². The molecule has 474 valence electrons. The number of amides is 10. The summed E-state index contributed by atoms with van der Waals surface area (Å²) in [7, 11) is 4.46. The highest BCUT2D eigenvalue weighted by Gasteiger charge is 2.45. The van der Waals surface area contributed by atoms with E-state index in [-0.39, 0.29) is 94.5 Å². The Morgan fingerprint density at radius 1 is 1.01 bits per heavy atom. The smallest absolute Gasteiger partial charge is 0.409 e. The van der Waals surface area contributed by atoms with Crippen LogP contribution in [0.25, 0.3) is 0 Å². The number of alkyl carbamates (subject to hydrolysis) is 1. The van der Waals surface area contributed by atoms with Crippen molar-refractivity contribution in [2.24, 2.45) is 5.73 Å². The fourth-order valence-electron chi connectivity index (χ4n) is 8.57. The summed E-state index contributed by atoms with van der Waals surface area (Å²) in [5, 5.41) is 32.8. The first-order valence-electron chi connectivity index (χ1n) is 28.2. The zero-order valence-electron chi connectivity index (χ0n) is 49.8. The van der Waals surface area contributed by atoms with Crippen LogP contribution in [0.2, 0.25) is 5.02 Å². The summed E-state index contributed by atoms with van der Waals surface area (Å²) < 4.78 is 31.3. The lowest BCUT2D eigenvalue weighted by atomic mass is 9.96. The average Bonchev–Trinajstić information content (AvgIpc) is 2.95. The Kier molecular flexibility index (Phi) is 30.1. The van der Waals surface area contributed by atoms with Crippen LogP contribution in [-0.4, -0.2) is 157 Å². The summed E-state index contributed by atoms with van der Waals surface area (Å²) in [6.07, 6.45) is 8.98. The van der Waals surface area contributed by atoms with Crippen molar-refractivity contribution in [1.82, 2.24) is 31.2 Å². The molecular formula is C58H81ClFN9O17. The maximum absolute atomic E-state index is 14.8. The molecule has 0 radical (unpaired) electrons. The first-order chi connectivity index (χ1) is 40.7. The predicted molar refractivity (Wildman–Crippen MR) is 312 cm³/mol. The summed E-state index contributed by atoms with van der Waals surface area (Å²) in [6, 6.07) is 3.66. The number of ether oxygens (including phenoxy) is 3. The Bertz CT molecular complexity index is 2800. The van der Waals surface area contributed by atoms with E-state index in [0.717, 1.165) is 28.2 Å². The second kappa shape index (κ2) is 36.0. The number of nitrogens with two attached hydrogens (primary N) is 1. The minimum Gasteiger partial charge on any atom is -0.495 e. The lowest BCUT2D eigenvalue weighted by Crippen LogP contribution is -2.56. The van der Waals surface area contributed by atoms with Crippen molar-refractivity contribution >= 4 is 88.9 Å². The van der Waals surface area contributed by atoms with E-state index in [1.165, 1.54) is 26.5 Å². The van der Waals surface area contributed by atoms with Gasteiger partial charge < -0.3 is 66.1 Å². The number of carboxylic acid groups (broad SMARTS) is 1. The quantitative estimate of drug-likeness (QED) is 0.0333. The molecule has 0 aliphatic carbocycles. The number of methoxy groups -OCH3 is 1. The van der Waals surface area contributed by atoms with E-state index in [0.29, 0.717) is 53.6 Å². The van der Waals surface area contributed by atoms with Crippen LogP contribution in [0.5, 0.6) is 5.75 Å². The van der Waals surface area contributed by atoms with Gasteiger partial charge in [0.15, 0.2) is 0 Å². The predicted octanol–water partition coefficient (Wildman–Crippen LogP) is 5.46. The number of unbranched alkanes of at least 4 members (excludes halogenated alkanes) is 1. The number of carbonyl (C=O) groups excluding carboxylic acids is 10. The van der Waals surface area contributed by atoms with Gasteiger partial charge in [0.1, 0.15) is 40.5 Å². The number of carbonyl (C=O) groups is 11. The number of aliphatic hydroxyl groups is 1. The number of anilines is 2. The Labute approximate surface area is 504 Å². The fraction of sp³-hybridized carbons (Fsp3) is 0.534. The fourth-order valence-corrected chi connectivity index (χ4v) is 8.89. The summed E-state index contributed by atoms with van der Waals surface area (Å²) in [6.45, 7) is 8.75. The molecule has 4 unspecified atom stereocenters. The first kappa shape index (κ1) is 72.1. The number of likely N-dealkylation sites (N-methyl/N-ethyl adjacent to an activating group) is 1. The second-order valence-corrected chi connectivity index (χ2v) is 21.1. The summed E-state index contributed by atoms with van der Waals surface area (Å²) >= 11 is 6.54. The number of rotatable bonds is 21. The molecule has 2 saturated heterocycles. The normalized spacial score (nSPS) is 19.7. The Hall–Kier alpha value is -8.17. The maximum atomic E-state index is 14.8. The highest BCUT2D eigenvalue weighted by molar-refractivity contribution is 6.35. The molecule has 26 nitrogen and oxygen atoms in total. The van der Waals surface area contributed by atoms with Gasteiger partial charge >= 0.3 is 24.1 Å². The van der Waals surface area contributed by atoms with Crippen LogP contribution in [0.1, 0.15) is 140 Å².